The number of hydrogen-bond acceptors (Lipinski definition) is 5. The highest BCUT2D eigenvalue weighted by molar-refractivity contribution is 5.76. The van der Waals surface area contributed by atoms with Crippen LogP contribution in [-0.4, -0.2) is 51.9 Å². The summed E-state index contributed by atoms with van der Waals surface area (Å²) in [5.74, 6) is -0.742. The van der Waals surface area contributed by atoms with E-state index in [0.29, 0.717) is 25.4 Å². The Balaban J connectivity index is 1.26. The number of carbonyl (C=O) groups excluding carboxylic acids is 1. The number of oxazole rings is 1. The Morgan fingerprint density at radius 3 is 2.63 bits per heavy atom. The molecule has 4 rings (SSSR count). The van der Waals surface area contributed by atoms with E-state index in [1.54, 1.807) is 6.20 Å². The Morgan fingerprint density at radius 2 is 1.90 bits per heavy atom. The van der Waals surface area contributed by atoms with Crippen molar-refractivity contribution in [3.05, 3.63) is 72.0 Å². The van der Waals surface area contributed by atoms with Gasteiger partial charge in [-0.05, 0) is 24.3 Å². The maximum absolute atomic E-state index is 13.9. The second-order valence-corrected chi connectivity index (χ2v) is 7.22. The van der Waals surface area contributed by atoms with Crippen molar-refractivity contribution in [2.24, 2.45) is 0 Å². The first-order valence-corrected chi connectivity index (χ1v) is 9.88. The van der Waals surface area contributed by atoms with Crippen LogP contribution in [0, 0.1) is 11.6 Å². The molecule has 8 heteroatoms. The lowest BCUT2D eigenvalue weighted by atomic mass is 10.2. The molecule has 3 heterocycles. The summed E-state index contributed by atoms with van der Waals surface area (Å²) in [7, 11) is 0. The molecule has 0 unspecified atom stereocenters. The summed E-state index contributed by atoms with van der Waals surface area (Å²) in [6, 6.07) is 9.14. The zero-order chi connectivity index (χ0) is 20.9. The maximum Gasteiger partial charge on any atom is 0.223 e. The van der Waals surface area contributed by atoms with Crippen molar-refractivity contribution in [1.82, 2.24) is 19.8 Å². The Kier molecular flexibility index (Phi) is 6.13. The van der Waals surface area contributed by atoms with Crippen LogP contribution in [-0.2, 0) is 17.8 Å². The normalized spacial score (nSPS) is 14.8. The number of carbonyl (C=O) groups is 1. The lowest BCUT2D eigenvalue weighted by Gasteiger charge is -2.34. The van der Waals surface area contributed by atoms with E-state index in [2.05, 4.69) is 14.9 Å². The van der Waals surface area contributed by atoms with E-state index >= 15 is 0 Å². The fourth-order valence-electron chi connectivity index (χ4n) is 3.49. The van der Waals surface area contributed by atoms with Gasteiger partial charge in [-0.15, -0.1) is 0 Å². The highest BCUT2D eigenvalue weighted by Gasteiger charge is 2.22. The van der Waals surface area contributed by atoms with Crippen molar-refractivity contribution in [3.8, 4) is 11.3 Å². The minimum absolute atomic E-state index is 0.0419. The van der Waals surface area contributed by atoms with Crippen molar-refractivity contribution in [2.45, 2.75) is 19.4 Å². The Labute approximate surface area is 173 Å². The number of aromatic nitrogens is 2. The number of aryl methyl sites for hydroxylation is 1. The van der Waals surface area contributed by atoms with Crippen LogP contribution < -0.4 is 0 Å². The van der Waals surface area contributed by atoms with Crippen LogP contribution in [0.25, 0.3) is 11.3 Å². The molecule has 0 atom stereocenters. The number of pyridine rings is 1. The standard InChI is InChI=1S/C22H22F2N4O2/c23-16-4-5-18(19(24)13-16)20-14-26-21(30-20)6-7-22(29)28-11-9-27(10-12-28)15-17-3-1-2-8-25-17/h1-5,8,13-14H,6-7,9-12,15H2. The predicted molar refractivity (Wildman–Crippen MR) is 106 cm³/mol. The third-order valence-corrected chi connectivity index (χ3v) is 5.14. The van der Waals surface area contributed by atoms with E-state index in [4.69, 9.17) is 4.42 Å². The highest BCUT2D eigenvalue weighted by atomic mass is 19.1. The lowest BCUT2D eigenvalue weighted by molar-refractivity contribution is -0.133. The van der Waals surface area contributed by atoms with Crippen molar-refractivity contribution in [1.29, 1.82) is 0 Å². The molecule has 0 spiro atoms. The van der Waals surface area contributed by atoms with Gasteiger partial charge in [-0.25, -0.2) is 13.8 Å². The van der Waals surface area contributed by atoms with Gasteiger partial charge < -0.3 is 9.32 Å². The second-order valence-electron chi connectivity index (χ2n) is 7.22. The molecule has 156 valence electrons. The molecule has 0 aliphatic carbocycles. The van der Waals surface area contributed by atoms with Gasteiger partial charge in [0, 0.05) is 57.8 Å². The number of hydrogen-bond donors (Lipinski definition) is 0. The second kappa shape index (κ2) is 9.13. The summed E-state index contributed by atoms with van der Waals surface area (Å²) >= 11 is 0. The zero-order valence-corrected chi connectivity index (χ0v) is 16.4. The van der Waals surface area contributed by atoms with Gasteiger partial charge in [-0.1, -0.05) is 6.07 Å². The predicted octanol–water partition coefficient (Wildman–Crippen LogP) is 3.29. The summed E-state index contributed by atoms with van der Waals surface area (Å²) in [6.45, 7) is 3.72. The third-order valence-electron chi connectivity index (χ3n) is 5.14. The first-order valence-electron chi connectivity index (χ1n) is 9.88. The molecule has 30 heavy (non-hydrogen) atoms. The van der Waals surface area contributed by atoms with Crippen LogP contribution >= 0.6 is 0 Å². The van der Waals surface area contributed by atoms with Crippen LogP contribution in [0.15, 0.2) is 53.2 Å². The average Bonchev–Trinajstić information content (AvgIpc) is 3.22. The fraction of sp³-hybridized carbons (Fsp3) is 0.318. The minimum atomic E-state index is -0.711. The van der Waals surface area contributed by atoms with Crippen molar-refractivity contribution in [2.75, 3.05) is 26.2 Å². The number of amides is 1. The minimum Gasteiger partial charge on any atom is -0.441 e. The van der Waals surface area contributed by atoms with Crippen molar-refractivity contribution < 1.29 is 18.0 Å². The van der Waals surface area contributed by atoms with Crippen molar-refractivity contribution >= 4 is 5.91 Å². The van der Waals surface area contributed by atoms with E-state index in [1.807, 2.05) is 23.1 Å². The maximum atomic E-state index is 13.9. The number of halogens is 2. The molecule has 1 aliphatic heterocycles. The van der Waals surface area contributed by atoms with Gasteiger partial charge in [-0.3, -0.25) is 14.7 Å². The number of nitrogens with zero attached hydrogens (tertiary/aromatic N) is 4. The summed E-state index contributed by atoms with van der Waals surface area (Å²) in [6.07, 6.45) is 3.78. The zero-order valence-electron chi connectivity index (χ0n) is 16.4. The van der Waals surface area contributed by atoms with Crippen LogP contribution in [0.3, 0.4) is 0 Å². The van der Waals surface area contributed by atoms with E-state index in [-0.39, 0.29) is 23.7 Å². The Morgan fingerprint density at radius 1 is 1.07 bits per heavy atom. The SMILES string of the molecule is O=C(CCc1ncc(-c2ccc(F)cc2F)o1)N1CCN(Cc2ccccn2)CC1. The van der Waals surface area contributed by atoms with E-state index in [0.717, 1.165) is 37.5 Å². The van der Waals surface area contributed by atoms with Crippen LogP contribution in [0.4, 0.5) is 8.78 Å². The van der Waals surface area contributed by atoms with Crippen molar-refractivity contribution in [3.63, 3.8) is 0 Å². The molecule has 1 aromatic carbocycles. The summed E-state index contributed by atoms with van der Waals surface area (Å²) in [4.78, 5) is 25.1. The lowest BCUT2D eigenvalue weighted by Crippen LogP contribution is -2.48. The molecule has 1 aliphatic rings. The van der Waals surface area contributed by atoms with Gasteiger partial charge in [0.25, 0.3) is 0 Å². The molecule has 2 aromatic heterocycles. The quantitative estimate of drug-likeness (QED) is 0.622. The molecular formula is C22H22F2N4O2. The summed E-state index contributed by atoms with van der Waals surface area (Å²) in [5, 5.41) is 0. The van der Waals surface area contributed by atoms with Crippen LogP contribution in [0.5, 0.6) is 0 Å². The van der Waals surface area contributed by atoms with Gasteiger partial charge >= 0.3 is 0 Å². The monoisotopic (exact) mass is 412 g/mol. The first kappa shape index (κ1) is 20.2. The third kappa shape index (κ3) is 4.88. The van der Waals surface area contributed by atoms with Gasteiger partial charge in [0.15, 0.2) is 11.7 Å². The van der Waals surface area contributed by atoms with Crippen LogP contribution in [0.1, 0.15) is 18.0 Å². The first-order chi connectivity index (χ1) is 14.6. The molecular weight excluding hydrogens is 390 g/mol. The molecule has 0 N–H and O–H groups in total. The Hall–Kier alpha value is -3.13. The van der Waals surface area contributed by atoms with E-state index in [1.165, 1.54) is 12.3 Å². The van der Waals surface area contributed by atoms with Crippen LogP contribution in [0.2, 0.25) is 0 Å². The molecule has 0 radical (unpaired) electrons. The molecule has 0 bridgehead atoms. The average molecular weight is 412 g/mol. The number of rotatable bonds is 6. The number of piperazine rings is 1. The molecule has 1 amide bonds. The summed E-state index contributed by atoms with van der Waals surface area (Å²) < 4.78 is 32.5. The van der Waals surface area contributed by atoms with Gasteiger partial charge in [0.2, 0.25) is 5.91 Å². The Bertz CT molecular complexity index is 1000. The fourth-order valence-corrected chi connectivity index (χ4v) is 3.49. The molecule has 3 aromatic rings. The van der Waals surface area contributed by atoms with E-state index < -0.39 is 11.6 Å². The van der Waals surface area contributed by atoms with Gasteiger partial charge in [-0.2, -0.15) is 0 Å². The topological polar surface area (TPSA) is 62.5 Å². The molecule has 1 fully saturated rings. The van der Waals surface area contributed by atoms with E-state index in [9.17, 15) is 13.6 Å². The van der Waals surface area contributed by atoms with Gasteiger partial charge in [0.05, 0.1) is 17.5 Å². The highest BCUT2D eigenvalue weighted by Crippen LogP contribution is 2.24. The van der Waals surface area contributed by atoms with Gasteiger partial charge in [0.1, 0.15) is 11.6 Å². The molecule has 6 nitrogen and oxygen atoms in total. The summed E-state index contributed by atoms with van der Waals surface area (Å²) in [5.41, 5.74) is 1.17. The molecule has 1 saturated heterocycles. The smallest absolute Gasteiger partial charge is 0.223 e. The largest absolute Gasteiger partial charge is 0.441 e. The molecule has 0 saturated carbocycles. The number of benzene rings is 1.